The predicted octanol–water partition coefficient (Wildman–Crippen LogP) is 3.82. The molecule has 0 N–H and O–H groups in total. The van der Waals surface area contributed by atoms with Gasteiger partial charge in [-0.3, -0.25) is 0 Å². The summed E-state index contributed by atoms with van der Waals surface area (Å²) >= 11 is 3.17. The lowest BCUT2D eigenvalue weighted by Gasteiger charge is -2.00. The second-order valence-electron chi connectivity index (χ2n) is 3.93. The third kappa shape index (κ3) is 3.41. The summed E-state index contributed by atoms with van der Waals surface area (Å²) in [5.74, 6) is -1.31. The summed E-state index contributed by atoms with van der Waals surface area (Å²) in [5.41, 5.74) is 0.0331. The molecule has 1 aromatic carbocycles. The summed E-state index contributed by atoms with van der Waals surface area (Å²) in [6.07, 6.45) is 0. The molecule has 0 atom stereocenters. The highest BCUT2D eigenvalue weighted by atomic mass is 79.9. The van der Waals surface area contributed by atoms with E-state index in [0.717, 1.165) is 0 Å². The molecule has 7 heteroatoms. The second-order valence-corrected chi connectivity index (χ2v) is 4.85. The summed E-state index contributed by atoms with van der Waals surface area (Å²) in [4.78, 5) is 15.8. The summed E-state index contributed by atoms with van der Waals surface area (Å²) in [7, 11) is 0. The van der Waals surface area contributed by atoms with Gasteiger partial charge in [0.15, 0.2) is 0 Å². The molecule has 0 unspecified atom stereocenters. The van der Waals surface area contributed by atoms with Crippen molar-refractivity contribution in [2.75, 3.05) is 13.2 Å². The normalized spacial score (nSPS) is 10.5. The lowest BCUT2D eigenvalue weighted by molar-refractivity contribution is 0.0512. The van der Waals surface area contributed by atoms with Crippen molar-refractivity contribution < 1.29 is 23.1 Å². The van der Waals surface area contributed by atoms with Crippen molar-refractivity contribution in [3.63, 3.8) is 0 Å². The summed E-state index contributed by atoms with van der Waals surface area (Å²) in [6, 6.07) is 4.42. The van der Waals surface area contributed by atoms with Gasteiger partial charge in [-0.1, -0.05) is 15.9 Å². The van der Waals surface area contributed by atoms with E-state index in [4.69, 9.17) is 13.9 Å². The number of nitrogens with zero attached hydrogens (tertiary/aromatic N) is 1. The van der Waals surface area contributed by atoms with Crippen LogP contribution in [0.2, 0.25) is 0 Å². The molecule has 0 bridgehead atoms. The van der Waals surface area contributed by atoms with Crippen molar-refractivity contribution in [1.82, 2.24) is 4.98 Å². The second kappa shape index (κ2) is 6.71. The van der Waals surface area contributed by atoms with E-state index >= 15 is 0 Å². The Balaban J connectivity index is 2.45. The molecule has 0 radical (unpaired) electrons. The maximum atomic E-state index is 13.9. The summed E-state index contributed by atoms with van der Waals surface area (Å²) < 4.78 is 29.9. The highest BCUT2D eigenvalue weighted by molar-refractivity contribution is 9.10. The first-order chi connectivity index (χ1) is 10.1. The highest BCUT2D eigenvalue weighted by Crippen LogP contribution is 2.30. The van der Waals surface area contributed by atoms with Gasteiger partial charge in [0.25, 0.3) is 0 Å². The third-order valence-electron chi connectivity index (χ3n) is 2.50. The zero-order chi connectivity index (χ0) is 15.4. The van der Waals surface area contributed by atoms with Gasteiger partial charge in [0, 0.05) is 4.47 Å². The largest absolute Gasteiger partial charge is 0.464 e. The molecule has 1 aromatic heterocycles. The zero-order valence-electron chi connectivity index (χ0n) is 11.5. The van der Waals surface area contributed by atoms with Gasteiger partial charge in [-0.15, -0.1) is 0 Å². The van der Waals surface area contributed by atoms with E-state index in [-0.39, 0.29) is 36.3 Å². The standard InChI is InChI=1S/C14H13BrFNO4/c1-3-19-13(18)11-14(20-4-2)21-12(17-11)9-6-5-8(15)7-10(9)16/h5-7H,3-4H2,1-2H3. The number of hydrogen-bond donors (Lipinski definition) is 0. The summed E-state index contributed by atoms with van der Waals surface area (Å²) in [5, 5.41) is 0. The van der Waals surface area contributed by atoms with E-state index in [0.29, 0.717) is 4.47 Å². The number of halogens is 2. The number of aromatic nitrogens is 1. The quantitative estimate of drug-likeness (QED) is 0.761. The van der Waals surface area contributed by atoms with Gasteiger partial charge in [-0.05, 0) is 32.0 Å². The minimum absolute atomic E-state index is 0.0356. The number of hydrogen-bond acceptors (Lipinski definition) is 5. The van der Waals surface area contributed by atoms with Crippen LogP contribution in [0, 0.1) is 5.82 Å². The molecule has 0 saturated carbocycles. The third-order valence-corrected chi connectivity index (χ3v) is 3.00. The van der Waals surface area contributed by atoms with Crippen LogP contribution in [0.1, 0.15) is 24.3 Å². The Bertz CT molecular complexity index is 656. The average molecular weight is 358 g/mol. The van der Waals surface area contributed by atoms with E-state index in [1.807, 2.05) is 0 Å². The monoisotopic (exact) mass is 357 g/mol. The zero-order valence-corrected chi connectivity index (χ0v) is 13.1. The maximum absolute atomic E-state index is 13.9. The Kier molecular flexibility index (Phi) is 4.95. The number of esters is 1. The van der Waals surface area contributed by atoms with Crippen molar-refractivity contribution >= 4 is 21.9 Å². The molecule has 0 amide bonds. The van der Waals surface area contributed by atoms with E-state index in [9.17, 15) is 9.18 Å². The van der Waals surface area contributed by atoms with Crippen LogP contribution in [-0.2, 0) is 4.74 Å². The molecule has 0 aliphatic heterocycles. The molecule has 112 valence electrons. The lowest BCUT2D eigenvalue weighted by Crippen LogP contribution is -2.07. The van der Waals surface area contributed by atoms with E-state index < -0.39 is 11.8 Å². The first kappa shape index (κ1) is 15.5. The van der Waals surface area contributed by atoms with E-state index in [1.54, 1.807) is 19.9 Å². The molecule has 21 heavy (non-hydrogen) atoms. The number of benzene rings is 1. The van der Waals surface area contributed by atoms with Crippen LogP contribution in [0.5, 0.6) is 5.95 Å². The molecule has 2 rings (SSSR count). The predicted molar refractivity (Wildman–Crippen MR) is 76.7 cm³/mol. The lowest BCUT2D eigenvalue weighted by atomic mass is 10.2. The highest BCUT2D eigenvalue weighted by Gasteiger charge is 2.24. The van der Waals surface area contributed by atoms with Crippen LogP contribution in [0.4, 0.5) is 4.39 Å². The molecule has 0 saturated heterocycles. The van der Waals surface area contributed by atoms with Crippen molar-refractivity contribution in [2.24, 2.45) is 0 Å². The summed E-state index contributed by atoms with van der Waals surface area (Å²) in [6.45, 7) is 3.88. The molecule has 5 nitrogen and oxygen atoms in total. The molecule has 0 spiro atoms. The minimum Gasteiger partial charge on any atom is -0.464 e. The minimum atomic E-state index is -0.673. The molecule has 0 aliphatic rings. The van der Waals surface area contributed by atoms with Crippen LogP contribution in [0.3, 0.4) is 0 Å². The fourth-order valence-electron chi connectivity index (χ4n) is 1.64. The molecular formula is C14H13BrFNO4. The van der Waals surface area contributed by atoms with Crippen LogP contribution in [0.25, 0.3) is 11.5 Å². The Hall–Kier alpha value is -1.89. The first-order valence-corrected chi connectivity index (χ1v) is 7.12. The Morgan fingerprint density at radius 2 is 2.14 bits per heavy atom. The fourth-order valence-corrected chi connectivity index (χ4v) is 1.97. The molecule has 1 heterocycles. The van der Waals surface area contributed by atoms with Crippen molar-refractivity contribution in [1.29, 1.82) is 0 Å². The van der Waals surface area contributed by atoms with Gasteiger partial charge in [-0.2, -0.15) is 4.98 Å². The smallest absolute Gasteiger partial charge is 0.364 e. The number of carbonyl (C=O) groups excluding carboxylic acids is 1. The van der Waals surface area contributed by atoms with E-state index in [2.05, 4.69) is 20.9 Å². The topological polar surface area (TPSA) is 61.6 Å². The average Bonchev–Trinajstić information content (AvgIpc) is 2.83. The molecular weight excluding hydrogens is 345 g/mol. The molecule has 0 aliphatic carbocycles. The number of carbonyl (C=O) groups is 1. The van der Waals surface area contributed by atoms with Gasteiger partial charge in [0.2, 0.25) is 11.6 Å². The van der Waals surface area contributed by atoms with E-state index in [1.165, 1.54) is 12.1 Å². The first-order valence-electron chi connectivity index (χ1n) is 6.33. The number of rotatable bonds is 5. The Labute approximate surface area is 129 Å². The van der Waals surface area contributed by atoms with Crippen LogP contribution in [-0.4, -0.2) is 24.2 Å². The van der Waals surface area contributed by atoms with Crippen molar-refractivity contribution in [3.05, 3.63) is 34.2 Å². The number of ether oxygens (including phenoxy) is 2. The van der Waals surface area contributed by atoms with Gasteiger partial charge < -0.3 is 13.9 Å². The Morgan fingerprint density at radius 1 is 1.38 bits per heavy atom. The van der Waals surface area contributed by atoms with Crippen molar-refractivity contribution in [2.45, 2.75) is 13.8 Å². The van der Waals surface area contributed by atoms with Gasteiger partial charge >= 0.3 is 11.9 Å². The van der Waals surface area contributed by atoms with Crippen LogP contribution in [0.15, 0.2) is 27.1 Å². The van der Waals surface area contributed by atoms with Gasteiger partial charge in [0.1, 0.15) is 5.82 Å². The van der Waals surface area contributed by atoms with Crippen LogP contribution >= 0.6 is 15.9 Å². The fraction of sp³-hybridized carbons (Fsp3) is 0.286. The van der Waals surface area contributed by atoms with Gasteiger partial charge in [0.05, 0.1) is 18.8 Å². The Morgan fingerprint density at radius 3 is 2.76 bits per heavy atom. The molecule has 0 fully saturated rings. The van der Waals surface area contributed by atoms with Crippen molar-refractivity contribution in [3.8, 4) is 17.4 Å². The van der Waals surface area contributed by atoms with Gasteiger partial charge in [-0.25, -0.2) is 9.18 Å². The number of oxazole rings is 1. The van der Waals surface area contributed by atoms with Crippen LogP contribution < -0.4 is 4.74 Å². The molecule has 2 aromatic rings. The SMILES string of the molecule is CCOC(=O)c1nc(-c2ccc(Br)cc2F)oc1OCC. The maximum Gasteiger partial charge on any atom is 0.364 e.